The van der Waals surface area contributed by atoms with Crippen molar-refractivity contribution >= 4 is 23.1 Å². The molecule has 2 aromatic rings. The van der Waals surface area contributed by atoms with E-state index in [0.29, 0.717) is 13.0 Å². The smallest absolute Gasteiger partial charge is 0.387 e. The maximum Gasteiger partial charge on any atom is 0.387 e. The van der Waals surface area contributed by atoms with Crippen molar-refractivity contribution in [3.8, 4) is 0 Å². The monoisotopic (exact) mass is 289 g/mol. The molecule has 0 aliphatic rings. The van der Waals surface area contributed by atoms with Crippen LogP contribution >= 0.6 is 0 Å². The van der Waals surface area contributed by atoms with Crippen LogP contribution in [0, 0.1) is 10.1 Å². The Labute approximate surface area is 120 Å². The molecule has 1 aromatic carbocycles. The summed E-state index contributed by atoms with van der Waals surface area (Å²) < 4.78 is 4.36. The maximum atomic E-state index is 11.2. The Balaban J connectivity index is 1.98. The van der Waals surface area contributed by atoms with Crippen LogP contribution < -0.4 is 0 Å². The normalized spacial score (nSPS) is 12.6. The van der Waals surface area contributed by atoms with Gasteiger partial charge >= 0.3 is 12.0 Å². The molecule has 0 saturated heterocycles. The standard InChI is InChI=1S/C14H15N3O4/c1-21-14(18)13(17(19)20)9-15-7-6-10-8-16-12-5-3-2-4-11(10)12/h2-5,8-9,13,16H,6-7H2,1H3. The van der Waals surface area contributed by atoms with E-state index in [1.54, 1.807) is 0 Å². The second-order valence-corrected chi connectivity index (χ2v) is 4.42. The number of aliphatic imine (C=N–C) groups is 1. The zero-order valence-corrected chi connectivity index (χ0v) is 11.5. The minimum absolute atomic E-state index is 0.364. The third kappa shape index (κ3) is 3.44. The van der Waals surface area contributed by atoms with Crippen molar-refractivity contribution in [2.24, 2.45) is 4.99 Å². The van der Waals surface area contributed by atoms with Gasteiger partial charge in [0.1, 0.15) is 0 Å². The van der Waals surface area contributed by atoms with Gasteiger partial charge in [0, 0.05) is 28.6 Å². The molecule has 1 N–H and O–H groups in total. The zero-order valence-electron chi connectivity index (χ0n) is 11.5. The Morgan fingerprint density at radius 3 is 3.00 bits per heavy atom. The first kappa shape index (κ1) is 14.7. The summed E-state index contributed by atoms with van der Waals surface area (Å²) in [5, 5.41) is 11.8. The molecule has 1 heterocycles. The van der Waals surface area contributed by atoms with Crippen molar-refractivity contribution in [2.45, 2.75) is 12.5 Å². The summed E-state index contributed by atoms with van der Waals surface area (Å²) in [7, 11) is 1.11. The Bertz CT molecular complexity index is 678. The van der Waals surface area contributed by atoms with Gasteiger partial charge in [-0.3, -0.25) is 15.1 Å². The first-order valence-electron chi connectivity index (χ1n) is 6.39. The van der Waals surface area contributed by atoms with Gasteiger partial charge in [0.2, 0.25) is 0 Å². The highest BCUT2D eigenvalue weighted by Gasteiger charge is 2.28. The van der Waals surface area contributed by atoms with Gasteiger partial charge in [-0.2, -0.15) is 0 Å². The number of para-hydroxylation sites is 1. The third-order valence-corrected chi connectivity index (χ3v) is 3.10. The fraction of sp³-hybridized carbons (Fsp3) is 0.286. The van der Waals surface area contributed by atoms with Crippen LogP contribution in [0.2, 0.25) is 0 Å². The number of benzene rings is 1. The van der Waals surface area contributed by atoms with Crippen LogP contribution in [0.25, 0.3) is 10.9 Å². The van der Waals surface area contributed by atoms with Crippen molar-refractivity contribution in [2.75, 3.05) is 13.7 Å². The summed E-state index contributed by atoms with van der Waals surface area (Å²) in [4.78, 5) is 28.3. The maximum absolute atomic E-state index is 11.2. The van der Waals surface area contributed by atoms with E-state index < -0.39 is 16.9 Å². The van der Waals surface area contributed by atoms with Crippen molar-refractivity contribution in [3.63, 3.8) is 0 Å². The predicted octanol–water partition coefficient (Wildman–Crippen LogP) is 1.60. The number of aromatic amines is 1. The van der Waals surface area contributed by atoms with Crippen molar-refractivity contribution in [3.05, 3.63) is 46.1 Å². The third-order valence-electron chi connectivity index (χ3n) is 3.10. The van der Waals surface area contributed by atoms with Gasteiger partial charge in [-0.1, -0.05) is 18.2 Å². The molecular weight excluding hydrogens is 274 g/mol. The average molecular weight is 289 g/mol. The second kappa shape index (κ2) is 6.65. The highest BCUT2D eigenvalue weighted by molar-refractivity contribution is 5.92. The molecule has 110 valence electrons. The quantitative estimate of drug-likeness (QED) is 0.378. The molecule has 0 radical (unpaired) electrons. The number of carbonyl (C=O) groups is 1. The summed E-state index contributed by atoms with van der Waals surface area (Å²) in [5.41, 5.74) is 2.12. The molecule has 1 unspecified atom stereocenters. The molecule has 0 bridgehead atoms. The van der Waals surface area contributed by atoms with E-state index in [1.807, 2.05) is 30.5 Å². The fourth-order valence-electron chi connectivity index (χ4n) is 2.02. The van der Waals surface area contributed by atoms with Crippen LogP contribution in [0.15, 0.2) is 35.5 Å². The van der Waals surface area contributed by atoms with E-state index >= 15 is 0 Å². The van der Waals surface area contributed by atoms with Crippen molar-refractivity contribution < 1.29 is 14.5 Å². The van der Waals surface area contributed by atoms with E-state index in [1.165, 1.54) is 0 Å². The van der Waals surface area contributed by atoms with Crippen LogP contribution in [-0.2, 0) is 16.0 Å². The van der Waals surface area contributed by atoms with Crippen LogP contribution in [0.5, 0.6) is 0 Å². The molecule has 0 amide bonds. The number of esters is 1. The number of hydrogen-bond acceptors (Lipinski definition) is 5. The first-order valence-corrected chi connectivity index (χ1v) is 6.39. The first-order chi connectivity index (χ1) is 10.1. The lowest BCUT2D eigenvalue weighted by Gasteiger charge is -2.01. The van der Waals surface area contributed by atoms with Gasteiger partial charge in [-0.05, 0) is 18.1 Å². The molecule has 0 spiro atoms. The summed E-state index contributed by atoms with van der Waals surface area (Å²) in [6.07, 6.45) is 3.55. The lowest BCUT2D eigenvalue weighted by Crippen LogP contribution is -2.32. The number of aromatic nitrogens is 1. The minimum Gasteiger partial charge on any atom is -0.464 e. The lowest BCUT2D eigenvalue weighted by molar-refractivity contribution is -0.490. The molecule has 0 aliphatic carbocycles. The summed E-state index contributed by atoms with van der Waals surface area (Å²) in [6.45, 7) is 0.364. The molecule has 7 nitrogen and oxygen atoms in total. The Hall–Kier alpha value is -2.70. The number of nitro groups is 1. The van der Waals surface area contributed by atoms with Gasteiger partial charge in [0.25, 0.3) is 0 Å². The number of rotatable bonds is 6. The number of nitrogens with one attached hydrogen (secondary N) is 1. The SMILES string of the molecule is COC(=O)C(C=NCCc1c[nH]c2ccccc12)[N+](=O)[O-]. The largest absolute Gasteiger partial charge is 0.464 e. The number of carbonyl (C=O) groups excluding carboxylic acids is 1. The molecule has 0 fully saturated rings. The number of methoxy groups -OCH3 is 1. The van der Waals surface area contributed by atoms with E-state index in [4.69, 9.17) is 0 Å². The number of nitrogens with zero attached hydrogens (tertiary/aromatic N) is 2. The zero-order chi connectivity index (χ0) is 15.2. The highest BCUT2D eigenvalue weighted by Crippen LogP contribution is 2.17. The Morgan fingerprint density at radius 1 is 1.52 bits per heavy atom. The second-order valence-electron chi connectivity index (χ2n) is 4.42. The predicted molar refractivity (Wildman–Crippen MR) is 78.2 cm³/mol. The number of ether oxygens (including phenoxy) is 1. The number of fused-ring (bicyclic) bond motifs is 1. The van der Waals surface area contributed by atoms with E-state index in [-0.39, 0.29) is 0 Å². The van der Waals surface area contributed by atoms with Crippen LogP contribution in [-0.4, -0.2) is 41.8 Å². The molecular formula is C14H15N3O4. The lowest BCUT2D eigenvalue weighted by atomic mass is 10.1. The van der Waals surface area contributed by atoms with Crippen LogP contribution in [0.4, 0.5) is 0 Å². The Morgan fingerprint density at radius 2 is 2.29 bits per heavy atom. The average Bonchev–Trinajstić information content (AvgIpc) is 2.89. The van der Waals surface area contributed by atoms with Gasteiger partial charge in [0.05, 0.1) is 13.3 Å². The molecule has 1 aromatic heterocycles. The molecule has 0 aliphatic heterocycles. The minimum atomic E-state index is -1.54. The topological polar surface area (TPSA) is 97.6 Å². The van der Waals surface area contributed by atoms with Crippen molar-refractivity contribution in [1.82, 2.24) is 4.98 Å². The fourth-order valence-corrected chi connectivity index (χ4v) is 2.02. The summed E-state index contributed by atoms with van der Waals surface area (Å²) in [6, 6.07) is 6.32. The highest BCUT2D eigenvalue weighted by atomic mass is 16.6. The summed E-state index contributed by atoms with van der Waals surface area (Å²) in [5.74, 6) is -0.921. The Kier molecular flexibility index (Phi) is 4.65. The van der Waals surface area contributed by atoms with Gasteiger partial charge < -0.3 is 9.72 Å². The number of hydrogen-bond donors (Lipinski definition) is 1. The van der Waals surface area contributed by atoms with E-state index in [0.717, 1.165) is 29.8 Å². The van der Waals surface area contributed by atoms with E-state index in [9.17, 15) is 14.9 Å². The van der Waals surface area contributed by atoms with Crippen molar-refractivity contribution in [1.29, 1.82) is 0 Å². The molecule has 0 saturated carbocycles. The molecule has 21 heavy (non-hydrogen) atoms. The summed E-state index contributed by atoms with van der Waals surface area (Å²) >= 11 is 0. The van der Waals surface area contributed by atoms with Crippen LogP contribution in [0.3, 0.4) is 0 Å². The number of H-pyrrole nitrogens is 1. The molecule has 7 heteroatoms. The van der Waals surface area contributed by atoms with Gasteiger partial charge in [-0.15, -0.1) is 0 Å². The molecule has 2 rings (SSSR count). The van der Waals surface area contributed by atoms with Gasteiger partial charge in [-0.25, -0.2) is 4.79 Å². The van der Waals surface area contributed by atoms with Gasteiger partial charge in [0.15, 0.2) is 0 Å². The molecule has 1 atom stereocenters. The van der Waals surface area contributed by atoms with Crippen LogP contribution in [0.1, 0.15) is 5.56 Å². The van der Waals surface area contributed by atoms with E-state index in [2.05, 4.69) is 14.7 Å².